The van der Waals surface area contributed by atoms with E-state index in [0.29, 0.717) is 0 Å². The Kier molecular flexibility index (Phi) is 6.12. The Morgan fingerprint density at radius 1 is 1.12 bits per heavy atom. The molecule has 7 nitrogen and oxygen atoms in total. The summed E-state index contributed by atoms with van der Waals surface area (Å²) in [6.07, 6.45) is 1.28. The number of sulfonamides is 1. The van der Waals surface area contributed by atoms with Crippen molar-refractivity contribution in [2.75, 3.05) is 16.6 Å². The molecule has 0 saturated heterocycles. The highest BCUT2D eigenvalue weighted by molar-refractivity contribution is 7.92. The predicted molar refractivity (Wildman–Crippen MR) is 118 cm³/mol. The van der Waals surface area contributed by atoms with Gasteiger partial charge in [-0.1, -0.05) is 35.0 Å². The topological polar surface area (TPSA) is 97.4 Å². The van der Waals surface area contributed by atoms with Gasteiger partial charge in [0.1, 0.15) is 10.7 Å². The van der Waals surface area contributed by atoms with Crippen molar-refractivity contribution >= 4 is 50.6 Å². The van der Waals surface area contributed by atoms with Crippen LogP contribution in [0, 0.1) is 23.5 Å². The fourth-order valence-corrected chi connectivity index (χ4v) is 4.61. The number of hydrogen-bond acceptors (Lipinski definition) is 5. The quantitative estimate of drug-likeness (QED) is 0.515. The Morgan fingerprint density at radius 3 is 2.70 bits per heavy atom. The maximum atomic E-state index is 15.0. The molecular weight excluding hydrogens is 499 g/mol. The van der Waals surface area contributed by atoms with Gasteiger partial charge in [0.25, 0.3) is 15.9 Å². The Balaban J connectivity index is 1.66. The van der Waals surface area contributed by atoms with Crippen molar-refractivity contribution < 1.29 is 26.7 Å². The Bertz CT molecular complexity index is 1470. The van der Waals surface area contributed by atoms with E-state index in [1.165, 1.54) is 24.4 Å². The average Bonchev–Trinajstić information content (AvgIpc) is 2.77. The van der Waals surface area contributed by atoms with E-state index in [1.54, 1.807) is 0 Å². The third kappa shape index (κ3) is 4.85. The number of benzene rings is 2. The monoisotopic (exact) mass is 509 g/mol. The van der Waals surface area contributed by atoms with Crippen LogP contribution in [0.15, 0.2) is 47.5 Å². The lowest BCUT2D eigenvalue weighted by Crippen LogP contribution is -2.26. The molecule has 0 saturated carbocycles. The van der Waals surface area contributed by atoms with Crippen molar-refractivity contribution in [3.05, 3.63) is 75.4 Å². The van der Waals surface area contributed by atoms with Crippen LogP contribution in [0.25, 0.3) is 0 Å². The summed E-state index contributed by atoms with van der Waals surface area (Å²) in [7, 11) is -4.34. The standard InChI is InChI=1S/C21H11Cl2F2N3O4S/c22-12-2-4-14(23)18(8-12)33(30,31)28-16-6-5-15(24)13(20(16)25)3-1-11-7-17-21(26-9-11)27-19(29)10-32-17/h2,4-9,28H,10H2,(H,26,27,29). The zero-order chi connectivity index (χ0) is 23.8. The van der Waals surface area contributed by atoms with Gasteiger partial charge in [-0.25, -0.2) is 22.2 Å². The number of nitrogens with zero attached hydrogens (tertiary/aromatic N) is 1. The number of hydrogen-bond donors (Lipinski definition) is 2. The number of rotatable bonds is 3. The Labute approximate surface area is 196 Å². The Morgan fingerprint density at radius 2 is 1.91 bits per heavy atom. The van der Waals surface area contributed by atoms with Gasteiger partial charge < -0.3 is 10.1 Å². The van der Waals surface area contributed by atoms with Crippen LogP contribution >= 0.6 is 23.2 Å². The molecule has 0 fully saturated rings. The molecule has 0 radical (unpaired) electrons. The molecule has 2 heterocycles. The third-order valence-electron chi connectivity index (χ3n) is 4.32. The molecule has 1 aliphatic heterocycles. The number of amides is 1. The maximum absolute atomic E-state index is 15.0. The van der Waals surface area contributed by atoms with Gasteiger partial charge in [0.2, 0.25) is 0 Å². The summed E-state index contributed by atoms with van der Waals surface area (Å²) in [5, 5.41) is 2.48. The van der Waals surface area contributed by atoms with Gasteiger partial charge in [-0.2, -0.15) is 0 Å². The summed E-state index contributed by atoms with van der Waals surface area (Å²) in [6, 6.07) is 7.00. The highest BCUT2D eigenvalue weighted by Gasteiger charge is 2.22. The van der Waals surface area contributed by atoms with Crippen LogP contribution in [0.4, 0.5) is 20.3 Å². The molecule has 1 amide bonds. The lowest BCUT2D eigenvalue weighted by molar-refractivity contribution is -0.118. The smallest absolute Gasteiger partial charge is 0.263 e. The van der Waals surface area contributed by atoms with Gasteiger partial charge >= 0.3 is 0 Å². The van der Waals surface area contributed by atoms with Crippen molar-refractivity contribution in [2.24, 2.45) is 0 Å². The van der Waals surface area contributed by atoms with E-state index >= 15 is 0 Å². The van der Waals surface area contributed by atoms with Gasteiger partial charge in [-0.3, -0.25) is 9.52 Å². The van der Waals surface area contributed by atoms with Crippen LogP contribution in [-0.2, 0) is 14.8 Å². The number of anilines is 2. The fraction of sp³-hybridized carbons (Fsp3) is 0.0476. The second-order valence-electron chi connectivity index (χ2n) is 6.62. The van der Waals surface area contributed by atoms with Crippen LogP contribution in [0.2, 0.25) is 10.0 Å². The third-order valence-corrected chi connectivity index (χ3v) is 6.40. The number of carbonyl (C=O) groups is 1. The molecule has 0 aliphatic carbocycles. The summed E-state index contributed by atoms with van der Waals surface area (Å²) < 4.78 is 61.8. The molecule has 33 heavy (non-hydrogen) atoms. The normalized spacial score (nSPS) is 12.7. The lowest BCUT2D eigenvalue weighted by Gasteiger charge is -2.16. The van der Waals surface area contributed by atoms with E-state index in [4.69, 9.17) is 27.9 Å². The minimum absolute atomic E-state index is 0.105. The number of fused-ring (bicyclic) bond motifs is 1. The largest absolute Gasteiger partial charge is 0.480 e. The summed E-state index contributed by atoms with van der Waals surface area (Å²) in [5.74, 6) is 2.74. The van der Waals surface area contributed by atoms with Crippen molar-refractivity contribution in [2.45, 2.75) is 4.90 Å². The molecule has 1 aliphatic rings. The van der Waals surface area contributed by atoms with Gasteiger partial charge in [0.15, 0.2) is 24.0 Å². The first-order chi connectivity index (χ1) is 15.6. The van der Waals surface area contributed by atoms with E-state index in [-0.39, 0.29) is 44.6 Å². The second kappa shape index (κ2) is 8.86. The lowest BCUT2D eigenvalue weighted by atomic mass is 10.1. The zero-order valence-corrected chi connectivity index (χ0v) is 18.6. The molecule has 12 heteroatoms. The molecular formula is C21H11Cl2F2N3O4S. The van der Waals surface area contributed by atoms with E-state index in [9.17, 15) is 22.0 Å². The molecule has 4 rings (SSSR count). The molecule has 0 unspecified atom stereocenters. The molecule has 3 aromatic rings. The van der Waals surface area contributed by atoms with Crippen molar-refractivity contribution in [3.63, 3.8) is 0 Å². The van der Waals surface area contributed by atoms with E-state index < -0.39 is 32.9 Å². The van der Waals surface area contributed by atoms with E-state index in [1.807, 2.05) is 4.72 Å². The molecule has 0 atom stereocenters. The first-order valence-corrected chi connectivity index (χ1v) is 11.3. The molecule has 0 bridgehead atoms. The average molecular weight is 510 g/mol. The number of nitrogens with one attached hydrogen (secondary N) is 2. The van der Waals surface area contributed by atoms with E-state index in [0.717, 1.165) is 18.2 Å². The van der Waals surface area contributed by atoms with Crippen molar-refractivity contribution in [1.82, 2.24) is 4.98 Å². The summed E-state index contributed by atoms with van der Waals surface area (Å²) >= 11 is 11.8. The number of halogens is 4. The van der Waals surface area contributed by atoms with Crippen molar-refractivity contribution in [3.8, 4) is 17.6 Å². The highest BCUT2D eigenvalue weighted by Crippen LogP contribution is 2.29. The SMILES string of the molecule is O=C1COc2cc(C#Cc3c(F)ccc(NS(=O)(=O)c4cc(Cl)ccc4Cl)c3F)cnc2N1. The molecule has 2 aromatic carbocycles. The minimum atomic E-state index is -4.34. The van der Waals surface area contributed by atoms with Crippen LogP contribution in [0.5, 0.6) is 5.75 Å². The molecule has 2 N–H and O–H groups in total. The van der Waals surface area contributed by atoms with Gasteiger partial charge in [0.05, 0.1) is 16.3 Å². The Hall–Kier alpha value is -3.39. The van der Waals surface area contributed by atoms with Gasteiger partial charge in [-0.15, -0.1) is 0 Å². The number of pyridine rings is 1. The van der Waals surface area contributed by atoms with Gasteiger partial charge in [0, 0.05) is 22.8 Å². The van der Waals surface area contributed by atoms with E-state index in [2.05, 4.69) is 22.1 Å². The van der Waals surface area contributed by atoms with Crippen LogP contribution in [0.1, 0.15) is 11.1 Å². The van der Waals surface area contributed by atoms with Crippen molar-refractivity contribution in [1.29, 1.82) is 0 Å². The second-order valence-corrected chi connectivity index (χ2v) is 9.12. The predicted octanol–water partition coefficient (Wildman–Crippen LogP) is 4.20. The molecule has 1 aromatic heterocycles. The first kappa shape index (κ1) is 22.8. The molecule has 168 valence electrons. The van der Waals surface area contributed by atoms with Crippen LogP contribution in [-0.4, -0.2) is 25.9 Å². The summed E-state index contributed by atoms with van der Waals surface area (Å²) in [5.41, 5.74) is -0.953. The summed E-state index contributed by atoms with van der Waals surface area (Å²) in [4.78, 5) is 14.9. The minimum Gasteiger partial charge on any atom is -0.480 e. The number of aromatic nitrogens is 1. The van der Waals surface area contributed by atoms with Crippen LogP contribution < -0.4 is 14.8 Å². The van der Waals surface area contributed by atoms with Gasteiger partial charge in [-0.05, 0) is 30.3 Å². The number of carbonyl (C=O) groups excluding carboxylic acids is 1. The first-order valence-electron chi connectivity index (χ1n) is 9.04. The number of ether oxygens (including phenoxy) is 1. The maximum Gasteiger partial charge on any atom is 0.263 e. The summed E-state index contributed by atoms with van der Waals surface area (Å²) in [6.45, 7) is -0.201. The zero-order valence-electron chi connectivity index (χ0n) is 16.2. The fourth-order valence-electron chi connectivity index (χ4n) is 2.79. The highest BCUT2D eigenvalue weighted by atomic mass is 35.5. The van der Waals surface area contributed by atoms with Crippen LogP contribution in [0.3, 0.4) is 0 Å². The molecule has 0 spiro atoms.